The third-order valence-corrected chi connectivity index (χ3v) is 3.08. The molecule has 0 aliphatic heterocycles. The lowest BCUT2D eigenvalue weighted by Crippen LogP contribution is -2.28. The van der Waals surface area contributed by atoms with Crippen LogP contribution < -0.4 is 4.74 Å². The summed E-state index contributed by atoms with van der Waals surface area (Å²) in [6.45, 7) is 1.73. The largest absolute Gasteiger partial charge is 0.497 e. The molecule has 0 amide bonds. The molecule has 0 aliphatic carbocycles. The maximum absolute atomic E-state index is 12.0. The fraction of sp³-hybridized carbons (Fsp3) is 0.438. The number of rotatable bonds is 8. The van der Waals surface area contributed by atoms with Gasteiger partial charge in [0, 0.05) is 6.42 Å². The molecule has 1 aromatic rings. The second-order valence-electron chi connectivity index (χ2n) is 4.50. The SMILES string of the molecule is CCC(=O)C(Cc1ccc(OC)cc1)C(=O)OCCC#N. The maximum Gasteiger partial charge on any atom is 0.316 e. The first kappa shape index (κ1) is 16.7. The lowest BCUT2D eigenvalue weighted by Gasteiger charge is -2.14. The van der Waals surface area contributed by atoms with Crippen molar-refractivity contribution in [2.75, 3.05) is 13.7 Å². The van der Waals surface area contributed by atoms with Crippen LogP contribution in [0.1, 0.15) is 25.3 Å². The van der Waals surface area contributed by atoms with Crippen LogP contribution in [0.3, 0.4) is 0 Å². The summed E-state index contributed by atoms with van der Waals surface area (Å²) in [6, 6.07) is 9.09. The number of carbonyl (C=O) groups is 2. The molecule has 0 saturated heterocycles. The van der Waals surface area contributed by atoms with E-state index in [-0.39, 0.29) is 25.2 Å². The molecule has 0 aromatic heterocycles. The molecule has 0 aliphatic rings. The van der Waals surface area contributed by atoms with Crippen molar-refractivity contribution in [3.05, 3.63) is 29.8 Å². The van der Waals surface area contributed by atoms with Crippen molar-refractivity contribution < 1.29 is 19.1 Å². The Balaban J connectivity index is 2.75. The number of nitrogens with zero attached hydrogens (tertiary/aromatic N) is 1. The zero-order valence-corrected chi connectivity index (χ0v) is 12.3. The molecule has 0 radical (unpaired) electrons. The smallest absolute Gasteiger partial charge is 0.316 e. The highest BCUT2D eigenvalue weighted by molar-refractivity contribution is 5.99. The Hall–Kier alpha value is -2.35. The van der Waals surface area contributed by atoms with Gasteiger partial charge in [0.05, 0.1) is 19.6 Å². The van der Waals surface area contributed by atoms with Gasteiger partial charge in [0.15, 0.2) is 0 Å². The predicted molar refractivity (Wildman–Crippen MR) is 76.7 cm³/mol. The van der Waals surface area contributed by atoms with Crippen LogP contribution in [0.15, 0.2) is 24.3 Å². The van der Waals surface area contributed by atoms with E-state index in [1.807, 2.05) is 18.2 Å². The minimum atomic E-state index is -0.818. The number of Topliss-reactive ketones (excluding diaryl/α,β-unsaturated/α-hetero) is 1. The molecule has 0 heterocycles. The minimum absolute atomic E-state index is 0.0193. The number of ketones is 1. The van der Waals surface area contributed by atoms with E-state index in [9.17, 15) is 9.59 Å². The number of hydrogen-bond acceptors (Lipinski definition) is 5. The van der Waals surface area contributed by atoms with Gasteiger partial charge in [0.2, 0.25) is 0 Å². The van der Waals surface area contributed by atoms with E-state index in [1.165, 1.54) is 0 Å². The van der Waals surface area contributed by atoms with Gasteiger partial charge in [-0.05, 0) is 24.1 Å². The molecule has 5 nitrogen and oxygen atoms in total. The van der Waals surface area contributed by atoms with Crippen LogP contribution in [0, 0.1) is 17.2 Å². The van der Waals surface area contributed by atoms with Crippen molar-refractivity contribution in [2.24, 2.45) is 5.92 Å². The fourth-order valence-electron chi connectivity index (χ4n) is 1.87. The summed E-state index contributed by atoms with van der Waals surface area (Å²) in [4.78, 5) is 23.9. The van der Waals surface area contributed by atoms with Crippen LogP contribution in [0.25, 0.3) is 0 Å². The van der Waals surface area contributed by atoms with Crippen LogP contribution in [0.5, 0.6) is 5.75 Å². The van der Waals surface area contributed by atoms with Gasteiger partial charge in [-0.25, -0.2) is 0 Å². The van der Waals surface area contributed by atoms with E-state index in [0.717, 1.165) is 5.56 Å². The van der Waals surface area contributed by atoms with E-state index >= 15 is 0 Å². The summed E-state index contributed by atoms with van der Waals surface area (Å²) in [5.74, 6) is -0.823. The monoisotopic (exact) mass is 289 g/mol. The first-order valence-corrected chi connectivity index (χ1v) is 6.81. The predicted octanol–water partition coefficient (Wildman–Crippen LogP) is 2.29. The van der Waals surface area contributed by atoms with Crippen LogP contribution in [-0.4, -0.2) is 25.5 Å². The molecule has 0 spiro atoms. The molecule has 1 aromatic carbocycles. The van der Waals surface area contributed by atoms with Crippen LogP contribution in [0.4, 0.5) is 0 Å². The zero-order chi connectivity index (χ0) is 15.7. The third kappa shape index (κ3) is 5.27. The van der Waals surface area contributed by atoms with E-state index in [1.54, 1.807) is 26.2 Å². The number of esters is 1. The number of nitriles is 1. The molecule has 1 unspecified atom stereocenters. The van der Waals surface area contributed by atoms with E-state index in [2.05, 4.69) is 0 Å². The standard InChI is InChI=1S/C16H19NO4/c1-3-15(18)14(16(19)21-10-4-9-17)11-12-5-7-13(20-2)8-6-12/h5-8,14H,3-4,10-11H2,1-2H3. The molecule has 0 N–H and O–H groups in total. The van der Waals surface area contributed by atoms with Crippen molar-refractivity contribution in [2.45, 2.75) is 26.2 Å². The van der Waals surface area contributed by atoms with Gasteiger partial charge < -0.3 is 9.47 Å². The van der Waals surface area contributed by atoms with Crippen molar-refractivity contribution in [1.29, 1.82) is 5.26 Å². The van der Waals surface area contributed by atoms with Crippen molar-refractivity contribution in [3.63, 3.8) is 0 Å². The van der Waals surface area contributed by atoms with E-state index in [0.29, 0.717) is 12.2 Å². The molecule has 0 saturated carbocycles. The number of hydrogen-bond donors (Lipinski definition) is 0. The van der Waals surface area contributed by atoms with Gasteiger partial charge in [0.1, 0.15) is 24.1 Å². The average Bonchev–Trinajstić information content (AvgIpc) is 2.52. The van der Waals surface area contributed by atoms with Crippen LogP contribution >= 0.6 is 0 Å². The Morgan fingerprint density at radius 1 is 1.29 bits per heavy atom. The summed E-state index contributed by atoms with van der Waals surface area (Å²) in [7, 11) is 1.57. The summed E-state index contributed by atoms with van der Waals surface area (Å²) in [5, 5.41) is 8.44. The number of ether oxygens (including phenoxy) is 2. The second-order valence-corrected chi connectivity index (χ2v) is 4.50. The number of carbonyl (C=O) groups excluding carboxylic acids is 2. The quantitative estimate of drug-likeness (QED) is 0.417. The molecule has 0 fully saturated rings. The van der Waals surface area contributed by atoms with Crippen molar-refractivity contribution in [3.8, 4) is 11.8 Å². The lowest BCUT2D eigenvalue weighted by molar-refractivity contribution is -0.151. The topological polar surface area (TPSA) is 76.4 Å². The Kier molecular flexibility index (Phi) is 6.96. The molecule has 0 bridgehead atoms. The van der Waals surface area contributed by atoms with Gasteiger partial charge >= 0.3 is 5.97 Å². The Morgan fingerprint density at radius 2 is 1.95 bits per heavy atom. The molecule has 1 atom stereocenters. The Labute approximate surface area is 124 Å². The highest BCUT2D eigenvalue weighted by Crippen LogP contribution is 2.17. The molecule has 5 heteroatoms. The van der Waals surface area contributed by atoms with Gasteiger partial charge in [0.25, 0.3) is 0 Å². The lowest BCUT2D eigenvalue weighted by atomic mass is 9.94. The zero-order valence-electron chi connectivity index (χ0n) is 12.3. The molecular weight excluding hydrogens is 270 g/mol. The fourth-order valence-corrected chi connectivity index (χ4v) is 1.87. The first-order valence-electron chi connectivity index (χ1n) is 6.81. The normalized spacial score (nSPS) is 11.3. The third-order valence-electron chi connectivity index (χ3n) is 3.08. The molecule has 112 valence electrons. The van der Waals surface area contributed by atoms with E-state index < -0.39 is 11.9 Å². The van der Waals surface area contributed by atoms with Crippen molar-refractivity contribution >= 4 is 11.8 Å². The second kappa shape index (κ2) is 8.75. The Bertz CT molecular complexity index is 516. The van der Waals surface area contributed by atoms with Crippen molar-refractivity contribution in [1.82, 2.24) is 0 Å². The van der Waals surface area contributed by atoms with Gasteiger partial charge in [-0.1, -0.05) is 19.1 Å². The minimum Gasteiger partial charge on any atom is -0.497 e. The van der Waals surface area contributed by atoms with Gasteiger partial charge in [-0.3, -0.25) is 9.59 Å². The molecular formula is C16H19NO4. The van der Waals surface area contributed by atoms with E-state index in [4.69, 9.17) is 14.7 Å². The first-order chi connectivity index (χ1) is 10.1. The highest BCUT2D eigenvalue weighted by atomic mass is 16.5. The average molecular weight is 289 g/mol. The highest BCUT2D eigenvalue weighted by Gasteiger charge is 2.26. The van der Waals surface area contributed by atoms with Gasteiger partial charge in [-0.15, -0.1) is 0 Å². The molecule has 21 heavy (non-hydrogen) atoms. The number of benzene rings is 1. The summed E-state index contributed by atoms with van der Waals surface area (Å²) in [6.07, 6.45) is 0.692. The number of methoxy groups -OCH3 is 1. The molecule has 1 rings (SSSR count). The Morgan fingerprint density at radius 3 is 2.48 bits per heavy atom. The summed E-state index contributed by atoms with van der Waals surface area (Å²) < 4.78 is 10.0. The maximum atomic E-state index is 12.0. The van der Waals surface area contributed by atoms with Crippen LogP contribution in [-0.2, 0) is 20.7 Å². The summed E-state index contributed by atoms with van der Waals surface area (Å²) >= 11 is 0. The van der Waals surface area contributed by atoms with Crippen LogP contribution in [0.2, 0.25) is 0 Å². The van der Waals surface area contributed by atoms with Gasteiger partial charge in [-0.2, -0.15) is 5.26 Å². The summed E-state index contributed by atoms with van der Waals surface area (Å²) in [5.41, 5.74) is 0.861.